The normalized spacial score (nSPS) is 26.4. The highest BCUT2D eigenvalue weighted by Crippen LogP contribution is 2.48. The smallest absolute Gasteiger partial charge is 0.404 e. The van der Waals surface area contributed by atoms with Crippen LogP contribution < -0.4 is 10.3 Å². The standard InChI is InChI=1S/C16H18N5O7P/c17-14-11-15(19-7-18-14)21(8-20-11)16-12(23)13(10(6-22)26-16)28-29(24,25)27-9-4-2-1-3-5-9/h1-5,7-8,10,12-13,16,22-23H,6H2,(H,24,25)(H2,17,18,19)/t10-,12-,13-,16-/m1/s1. The van der Waals surface area contributed by atoms with Crippen LogP contribution in [0, 0.1) is 0 Å². The number of phosphoric ester groups is 1. The lowest BCUT2D eigenvalue weighted by Crippen LogP contribution is -2.35. The van der Waals surface area contributed by atoms with Crippen molar-refractivity contribution in [2.24, 2.45) is 0 Å². The first-order chi connectivity index (χ1) is 13.9. The minimum absolute atomic E-state index is 0.108. The Labute approximate surface area is 164 Å². The molecule has 1 aromatic carbocycles. The molecule has 2 aromatic heterocycles. The minimum Gasteiger partial charge on any atom is -0.404 e. The third kappa shape index (κ3) is 3.81. The molecule has 29 heavy (non-hydrogen) atoms. The number of hydrogen-bond acceptors (Lipinski definition) is 10. The van der Waals surface area contributed by atoms with Gasteiger partial charge in [0, 0.05) is 0 Å². The molecule has 1 saturated heterocycles. The van der Waals surface area contributed by atoms with Crippen LogP contribution in [0.2, 0.25) is 0 Å². The fourth-order valence-electron chi connectivity index (χ4n) is 3.07. The van der Waals surface area contributed by atoms with Crippen LogP contribution in [0.25, 0.3) is 11.2 Å². The van der Waals surface area contributed by atoms with E-state index < -0.39 is 39.0 Å². The first-order valence-corrected chi connectivity index (χ1v) is 10.0. The van der Waals surface area contributed by atoms with E-state index in [0.717, 1.165) is 0 Å². The van der Waals surface area contributed by atoms with Gasteiger partial charge in [0.25, 0.3) is 0 Å². The highest BCUT2D eigenvalue weighted by atomic mass is 31.2. The Hall–Kier alpha value is -2.60. The Morgan fingerprint density at radius 2 is 2.00 bits per heavy atom. The molecule has 1 aliphatic rings. The van der Waals surface area contributed by atoms with Crippen LogP contribution in [0.5, 0.6) is 5.75 Å². The molecule has 13 heteroatoms. The fourth-order valence-corrected chi connectivity index (χ4v) is 4.07. The predicted molar refractivity (Wildman–Crippen MR) is 98.5 cm³/mol. The predicted octanol–water partition coefficient (Wildman–Crippen LogP) is 0.224. The molecule has 3 aromatic rings. The molecule has 5 atom stereocenters. The van der Waals surface area contributed by atoms with Crippen molar-refractivity contribution in [3.05, 3.63) is 43.0 Å². The third-order valence-corrected chi connectivity index (χ3v) is 5.32. The van der Waals surface area contributed by atoms with E-state index >= 15 is 0 Å². The lowest BCUT2D eigenvalue weighted by atomic mass is 10.1. The summed E-state index contributed by atoms with van der Waals surface area (Å²) in [5.41, 5.74) is 6.34. The van der Waals surface area contributed by atoms with Gasteiger partial charge in [-0.25, -0.2) is 19.5 Å². The van der Waals surface area contributed by atoms with E-state index in [4.69, 9.17) is 19.5 Å². The molecule has 1 unspecified atom stereocenters. The van der Waals surface area contributed by atoms with Crippen molar-refractivity contribution < 1.29 is 33.5 Å². The van der Waals surface area contributed by atoms with Gasteiger partial charge in [0.2, 0.25) is 0 Å². The van der Waals surface area contributed by atoms with Gasteiger partial charge in [0.1, 0.15) is 35.9 Å². The van der Waals surface area contributed by atoms with Crippen LogP contribution in [-0.4, -0.2) is 59.5 Å². The number of imidazole rings is 1. The van der Waals surface area contributed by atoms with E-state index in [9.17, 15) is 19.7 Å². The number of nitrogen functional groups attached to an aromatic ring is 1. The van der Waals surface area contributed by atoms with E-state index in [-0.39, 0.29) is 17.2 Å². The first kappa shape index (κ1) is 19.7. The van der Waals surface area contributed by atoms with Crippen molar-refractivity contribution in [3.63, 3.8) is 0 Å². The number of anilines is 1. The number of rotatable bonds is 6. The average Bonchev–Trinajstić information content (AvgIpc) is 3.24. The van der Waals surface area contributed by atoms with E-state index in [2.05, 4.69) is 15.0 Å². The summed E-state index contributed by atoms with van der Waals surface area (Å²) in [6, 6.07) is 7.90. The summed E-state index contributed by atoms with van der Waals surface area (Å²) in [7, 11) is -4.63. The topological polar surface area (TPSA) is 175 Å². The van der Waals surface area contributed by atoms with Gasteiger partial charge in [-0.05, 0) is 12.1 Å². The van der Waals surface area contributed by atoms with Crippen molar-refractivity contribution in [1.29, 1.82) is 0 Å². The second-order valence-corrected chi connectivity index (χ2v) is 7.59. The number of nitrogens with two attached hydrogens (primary N) is 1. The number of aliphatic hydroxyl groups is 2. The number of benzene rings is 1. The van der Waals surface area contributed by atoms with Gasteiger partial charge in [-0.15, -0.1) is 0 Å². The van der Waals surface area contributed by atoms with Crippen LogP contribution in [0.1, 0.15) is 6.23 Å². The molecule has 12 nitrogen and oxygen atoms in total. The summed E-state index contributed by atoms with van der Waals surface area (Å²) in [5, 5.41) is 20.3. The molecule has 0 spiro atoms. The molecule has 0 radical (unpaired) electrons. The molecule has 1 fully saturated rings. The number of hydrogen-bond donors (Lipinski definition) is 4. The van der Waals surface area contributed by atoms with E-state index in [1.165, 1.54) is 29.4 Å². The zero-order valence-electron chi connectivity index (χ0n) is 14.8. The summed E-state index contributed by atoms with van der Waals surface area (Å²) < 4.78 is 29.6. The van der Waals surface area contributed by atoms with Gasteiger partial charge in [-0.3, -0.25) is 14.0 Å². The number of fused-ring (bicyclic) bond motifs is 1. The SMILES string of the molecule is Nc1ncnc2c1ncn2[C@@H]1O[C@H](CO)[C@@H](OP(=O)(O)Oc2ccccc2)[C@H]1O. The van der Waals surface area contributed by atoms with Gasteiger partial charge >= 0.3 is 7.82 Å². The quantitative estimate of drug-likeness (QED) is 0.399. The molecule has 0 bridgehead atoms. The fraction of sp³-hybridized carbons (Fsp3) is 0.312. The summed E-state index contributed by atoms with van der Waals surface area (Å²) in [5.74, 6) is 0.250. The highest BCUT2D eigenvalue weighted by molar-refractivity contribution is 7.47. The zero-order chi connectivity index (χ0) is 20.6. The lowest BCUT2D eigenvalue weighted by molar-refractivity contribution is -0.0508. The molecule has 3 heterocycles. The average molecular weight is 423 g/mol. The monoisotopic (exact) mass is 423 g/mol. The largest absolute Gasteiger partial charge is 0.527 e. The van der Waals surface area contributed by atoms with Crippen molar-refractivity contribution >= 4 is 24.8 Å². The molecule has 1 aliphatic heterocycles. The Bertz CT molecular complexity index is 1050. The van der Waals surface area contributed by atoms with Crippen LogP contribution in [0.3, 0.4) is 0 Å². The summed E-state index contributed by atoms with van der Waals surface area (Å²) in [6.07, 6.45) is -2.45. The second-order valence-electron chi connectivity index (χ2n) is 6.26. The number of phosphoric acid groups is 1. The van der Waals surface area contributed by atoms with Crippen molar-refractivity contribution in [2.75, 3.05) is 12.3 Å². The highest BCUT2D eigenvalue weighted by Gasteiger charge is 2.49. The summed E-state index contributed by atoms with van der Waals surface area (Å²) in [4.78, 5) is 22.1. The van der Waals surface area contributed by atoms with Crippen LogP contribution in [-0.2, 0) is 13.8 Å². The Morgan fingerprint density at radius 3 is 2.72 bits per heavy atom. The molecule has 0 saturated carbocycles. The van der Waals surface area contributed by atoms with Gasteiger partial charge in [0.05, 0.1) is 12.9 Å². The number of nitrogens with zero attached hydrogens (tertiary/aromatic N) is 4. The van der Waals surface area contributed by atoms with Gasteiger partial charge in [-0.2, -0.15) is 0 Å². The molecule has 154 valence electrons. The van der Waals surface area contributed by atoms with Crippen molar-refractivity contribution in [1.82, 2.24) is 19.5 Å². The van der Waals surface area contributed by atoms with E-state index in [1.54, 1.807) is 18.2 Å². The Balaban J connectivity index is 1.58. The van der Waals surface area contributed by atoms with Gasteiger partial charge in [-0.1, -0.05) is 18.2 Å². The number of aromatic nitrogens is 4. The molecule has 4 rings (SSSR count). The Kier molecular flexibility index (Phi) is 5.21. The van der Waals surface area contributed by atoms with Crippen LogP contribution >= 0.6 is 7.82 Å². The number of para-hydroxylation sites is 1. The number of aliphatic hydroxyl groups excluding tert-OH is 2. The van der Waals surface area contributed by atoms with E-state index in [0.29, 0.717) is 5.52 Å². The lowest BCUT2D eigenvalue weighted by Gasteiger charge is -2.22. The zero-order valence-corrected chi connectivity index (χ0v) is 15.7. The maximum Gasteiger partial charge on any atom is 0.527 e. The molecule has 0 amide bonds. The first-order valence-electron chi connectivity index (χ1n) is 8.53. The molecular formula is C16H18N5O7P. The van der Waals surface area contributed by atoms with Gasteiger partial charge in [0.15, 0.2) is 17.7 Å². The molecule has 0 aliphatic carbocycles. The molecule has 5 N–H and O–H groups in total. The summed E-state index contributed by atoms with van der Waals surface area (Å²) in [6.45, 7) is -0.576. The van der Waals surface area contributed by atoms with Crippen LogP contribution in [0.4, 0.5) is 5.82 Å². The minimum atomic E-state index is -4.63. The maximum absolute atomic E-state index is 12.4. The third-order valence-electron chi connectivity index (χ3n) is 4.37. The Morgan fingerprint density at radius 1 is 1.24 bits per heavy atom. The van der Waals surface area contributed by atoms with E-state index in [1.807, 2.05) is 0 Å². The maximum atomic E-state index is 12.4. The van der Waals surface area contributed by atoms with Gasteiger partial charge < -0.3 is 25.2 Å². The van der Waals surface area contributed by atoms with Crippen molar-refractivity contribution in [3.8, 4) is 5.75 Å². The number of ether oxygens (including phenoxy) is 1. The second kappa shape index (κ2) is 7.67. The van der Waals surface area contributed by atoms with Crippen LogP contribution in [0.15, 0.2) is 43.0 Å². The van der Waals surface area contributed by atoms with Crippen molar-refractivity contribution in [2.45, 2.75) is 24.5 Å². The summed E-state index contributed by atoms with van der Waals surface area (Å²) >= 11 is 0. The molecular weight excluding hydrogens is 405 g/mol.